The van der Waals surface area contributed by atoms with Gasteiger partial charge >= 0.3 is 0 Å². The highest BCUT2D eigenvalue weighted by atomic mass is 79.9. The molecule has 4 heteroatoms. The van der Waals surface area contributed by atoms with Gasteiger partial charge in [0.2, 0.25) is 5.91 Å². The maximum atomic E-state index is 12.6. The van der Waals surface area contributed by atoms with Crippen LogP contribution in [0.3, 0.4) is 0 Å². The first-order chi connectivity index (χ1) is 11.1. The van der Waals surface area contributed by atoms with Gasteiger partial charge in [-0.25, -0.2) is 0 Å². The van der Waals surface area contributed by atoms with E-state index in [2.05, 4.69) is 28.9 Å². The fourth-order valence-electron chi connectivity index (χ4n) is 2.97. The minimum Gasteiger partial charge on any atom is -0.494 e. The van der Waals surface area contributed by atoms with Crippen LogP contribution in [0.4, 0.5) is 5.69 Å². The molecule has 0 radical (unpaired) electrons. The van der Waals surface area contributed by atoms with Gasteiger partial charge in [-0.2, -0.15) is 0 Å². The molecule has 0 aromatic heterocycles. The molecule has 1 amide bonds. The highest BCUT2D eigenvalue weighted by Gasteiger charge is 2.35. The molecule has 2 aromatic rings. The molecule has 3 rings (SSSR count). The second kappa shape index (κ2) is 6.75. The Balaban J connectivity index is 1.80. The van der Waals surface area contributed by atoms with Gasteiger partial charge < -0.3 is 9.64 Å². The van der Waals surface area contributed by atoms with Crippen LogP contribution in [0.1, 0.15) is 30.4 Å². The van der Waals surface area contributed by atoms with Crippen molar-refractivity contribution in [3.05, 3.63) is 58.1 Å². The van der Waals surface area contributed by atoms with E-state index in [-0.39, 0.29) is 11.8 Å². The number of hydrogen-bond acceptors (Lipinski definition) is 2. The molecule has 120 valence electrons. The molecule has 2 aromatic carbocycles. The van der Waals surface area contributed by atoms with Crippen molar-refractivity contribution in [2.24, 2.45) is 0 Å². The predicted molar refractivity (Wildman–Crippen MR) is 96.2 cm³/mol. The maximum absolute atomic E-state index is 12.6. The molecule has 0 N–H and O–H groups in total. The van der Waals surface area contributed by atoms with Crippen molar-refractivity contribution in [1.29, 1.82) is 0 Å². The number of fused-ring (bicyclic) bond motifs is 1. The summed E-state index contributed by atoms with van der Waals surface area (Å²) in [6.07, 6.45) is 1.71. The number of amides is 1. The Hall–Kier alpha value is -1.81. The van der Waals surface area contributed by atoms with Crippen molar-refractivity contribution in [2.75, 3.05) is 18.6 Å². The highest BCUT2D eigenvalue weighted by molar-refractivity contribution is 9.10. The van der Waals surface area contributed by atoms with E-state index in [1.54, 1.807) is 4.90 Å². The molecular formula is C19H20BrNO2. The smallest absolute Gasteiger partial charge is 0.234 e. The zero-order chi connectivity index (χ0) is 16.4. The van der Waals surface area contributed by atoms with Crippen molar-refractivity contribution in [3.63, 3.8) is 0 Å². The van der Waals surface area contributed by atoms with E-state index in [1.807, 2.05) is 43.4 Å². The number of ether oxygens (including phenoxy) is 1. The van der Waals surface area contributed by atoms with Crippen molar-refractivity contribution < 1.29 is 9.53 Å². The third kappa shape index (κ3) is 3.27. The molecule has 23 heavy (non-hydrogen) atoms. The van der Waals surface area contributed by atoms with Gasteiger partial charge in [0.1, 0.15) is 5.75 Å². The standard InChI is InChI=1S/C19H20BrNO2/c1-3-10-23-15-7-4-13(5-8-15)11-17-16-12-14(20)6-9-18(16)21(2)19(17)22/h4-9,12,17H,3,10-11H2,1-2H3. The molecule has 1 aliphatic rings. The molecule has 3 nitrogen and oxygen atoms in total. The van der Waals surface area contributed by atoms with E-state index < -0.39 is 0 Å². The number of hydrogen-bond donors (Lipinski definition) is 0. The lowest BCUT2D eigenvalue weighted by molar-refractivity contribution is -0.119. The molecule has 0 saturated carbocycles. The van der Waals surface area contributed by atoms with Gasteiger partial charge in [0, 0.05) is 17.2 Å². The quantitative estimate of drug-likeness (QED) is 0.769. The third-order valence-corrected chi connectivity index (χ3v) is 4.68. The van der Waals surface area contributed by atoms with Gasteiger partial charge in [-0.1, -0.05) is 35.0 Å². The number of rotatable bonds is 5. The molecule has 1 atom stereocenters. The molecule has 1 unspecified atom stereocenters. The van der Waals surface area contributed by atoms with Crippen LogP contribution in [0, 0.1) is 0 Å². The number of likely N-dealkylation sites (N-methyl/N-ethyl adjacent to an activating group) is 1. The Morgan fingerprint density at radius 3 is 2.61 bits per heavy atom. The summed E-state index contributed by atoms with van der Waals surface area (Å²) in [5, 5.41) is 0. The van der Waals surface area contributed by atoms with Gasteiger partial charge in [0.15, 0.2) is 0 Å². The average molecular weight is 374 g/mol. The van der Waals surface area contributed by atoms with Crippen LogP contribution >= 0.6 is 15.9 Å². The molecule has 0 aliphatic carbocycles. The normalized spacial score (nSPS) is 16.6. The van der Waals surface area contributed by atoms with Gasteiger partial charge in [-0.05, 0) is 54.3 Å². The number of benzene rings is 2. The minimum absolute atomic E-state index is 0.116. The predicted octanol–water partition coefficient (Wildman–Crippen LogP) is 4.54. The summed E-state index contributed by atoms with van der Waals surface area (Å²) in [5.74, 6) is 0.924. The lowest BCUT2D eigenvalue weighted by Crippen LogP contribution is -2.24. The number of halogens is 1. The summed E-state index contributed by atoms with van der Waals surface area (Å²) in [6, 6.07) is 14.1. The SMILES string of the molecule is CCCOc1ccc(CC2C(=O)N(C)c3ccc(Br)cc32)cc1. The fourth-order valence-corrected chi connectivity index (χ4v) is 3.35. The van der Waals surface area contributed by atoms with Crippen molar-refractivity contribution in [1.82, 2.24) is 0 Å². The zero-order valence-electron chi connectivity index (χ0n) is 13.4. The van der Waals surface area contributed by atoms with Gasteiger partial charge in [0.25, 0.3) is 0 Å². The number of carbonyl (C=O) groups excluding carboxylic acids is 1. The van der Waals surface area contributed by atoms with Gasteiger partial charge in [-0.3, -0.25) is 4.79 Å². The van der Waals surface area contributed by atoms with Crippen molar-refractivity contribution in [3.8, 4) is 5.75 Å². The third-order valence-electron chi connectivity index (χ3n) is 4.19. The second-order valence-corrected chi connectivity index (χ2v) is 6.77. The van der Waals surface area contributed by atoms with Crippen LogP contribution in [0.2, 0.25) is 0 Å². The molecular weight excluding hydrogens is 354 g/mol. The van der Waals surface area contributed by atoms with E-state index in [0.29, 0.717) is 6.42 Å². The Labute approximate surface area is 145 Å². The van der Waals surface area contributed by atoms with Crippen LogP contribution in [0.15, 0.2) is 46.9 Å². The van der Waals surface area contributed by atoms with Crippen molar-refractivity contribution in [2.45, 2.75) is 25.7 Å². The van der Waals surface area contributed by atoms with Crippen LogP contribution in [0.5, 0.6) is 5.75 Å². The number of anilines is 1. The van der Waals surface area contributed by atoms with E-state index in [9.17, 15) is 4.79 Å². The summed E-state index contributed by atoms with van der Waals surface area (Å²) < 4.78 is 6.62. The first kappa shape index (κ1) is 16.1. The summed E-state index contributed by atoms with van der Waals surface area (Å²) in [5.41, 5.74) is 3.25. The molecule has 0 bridgehead atoms. The molecule has 1 heterocycles. The maximum Gasteiger partial charge on any atom is 0.234 e. The second-order valence-electron chi connectivity index (χ2n) is 5.85. The van der Waals surface area contributed by atoms with Crippen LogP contribution in [-0.4, -0.2) is 19.6 Å². The number of nitrogens with zero attached hydrogens (tertiary/aromatic N) is 1. The lowest BCUT2D eigenvalue weighted by Gasteiger charge is -2.12. The topological polar surface area (TPSA) is 29.5 Å². The van der Waals surface area contributed by atoms with E-state index >= 15 is 0 Å². The summed E-state index contributed by atoms with van der Waals surface area (Å²) in [4.78, 5) is 14.3. The minimum atomic E-state index is -0.116. The lowest BCUT2D eigenvalue weighted by atomic mass is 9.93. The van der Waals surface area contributed by atoms with E-state index in [4.69, 9.17) is 4.74 Å². The van der Waals surface area contributed by atoms with Crippen LogP contribution < -0.4 is 9.64 Å². The first-order valence-corrected chi connectivity index (χ1v) is 8.68. The molecule has 0 spiro atoms. The summed E-state index contributed by atoms with van der Waals surface area (Å²) in [7, 11) is 1.84. The van der Waals surface area contributed by atoms with Crippen LogP contribution in [0.25, 0.3) is 0 Å². The summed E-state index contributed by atoms with van der Waals surface area (Å²) >= 11 is 3.50. The Morgan fingerprint density at radius 1 is 1.17 bits per heavy atom. The average Bonchev–Trinajstić information content (AvgIpc) is 2.79. The Kier molecular flexibility index (Phi) is 4.71. The van der Waals surface area contributed by atoms with E-state index in [0.717, 1.165) is 40.1 Å². The Bertz CT molecular complexity index is 712. The van der Waals surface area contributed by atoms with Gasteiger partial charge in [-0.15, -0.1) is 0 Å². The molecule has 0 saturated heterocycles. The van der Waals surface area contributed by atoms with E-state index in [1.165, 1.54) is 0 Å². The Morgan fingerprint density at radius 2 is 1.91 bits per heavy atom. The number of carbonyl (C=O) groups is 1. The summed E-state index contributed by atoms with van der Waals surface area (Å²) in [6.45, 7) is 2.82. The van der Waals surface area contributed by atoms with Gasteiger partial charge in [0.05, 0.1) is 12.5 Å². The first-order valence-electron chi connectivity index (χ1n) is 7.89. The van der Waals surface area contributed by atoms with Crippen molar-refractivity contribution >= 4 is 27.5 Å². The van der Waals surface area contributed by atoms with Crippen LogP contribution in [-0.2, 0) is 11.2 Å². The largest absolute Gasteiger partial charge is 0.494 e. The monoisotopic (exact) mass is 373 g/mol. The molecule has 1 aliphatic heterocycles. The zero-order valence-corrected chi connectivity index (χ0v) is 15.0. The molecule has 0 fully saturated rings. The highest BCUT2D eigenvalue weighted by Crippen LogP contribution is 2.39. The fraction of sp³-hybridized carbons (Fsp3) is 0.316.